The summed E-state index contributed by atoms with van der Waals surface area (Å²) in [6.45, 7) is 0. The molecule has 0 N–H and O–H groups in total. The Morgan fingerprint density at radius 3 is 2.12 bits per heavy atom. The fraction of sp³-hybridized carbons (Fsp3) is 0.250. The van der Waals surface area contributed by atoms with Crippen LogP contribution in [0, 0.1) is 0 Å². The third-order valence-corrected chi connectivity index (χ3v) is 5.14. The molecule has 0 bridgehead atoms. The van der Waals surface area contributed by atoms with Gasteiger partial charge < -0.3 is 0 Å². The number of benzene rings is 3. The monoisotopic (exact) mass is 312 g/mol. The molecule has 0 aromatic heterocycles. The number of fused-ring (bicyclic) bond motifs is 5. The van der Waals surface area contributed by atoms with Crippen molar-refractivity contribution in [3.63, 3.8) is 0 Å². The smallest absolute Gasteiger partial charge is 0.0102 e. The molecular weight excluding hydrogens is 288 g/mol. The lowest BCUT2D eigenvalue weighted by molar-refractivity contribution is 0.690. The zero-order chi connectivity index (χ0) is 16.2. The van der Waals surface area contributed by atoms with Crippen LogP contribution >= 0.6 is 0 Å². The van der Waals surface area contributed by atoms with Crippen LogP contribution in [-0.2, 0) is 12.8 Å². The predicted molar refractivity (Wildman–Crippen MR) is 106 cm³/mol. The molecule has 2 aliphatic carbocycles. The topological polar surface area (TPSA) is 0 Å². The molecule has 0 radical (unpaired) electrons. The van der Waals surface area contributed by atoms with E-state index in [1.54, 1.807) is 11.1 Å². The maximum Gasteiger partial charge on any atom is -0.0102 e. The molecule has 0 fully saturated rings. The van der Waals surface area contributed by atoms with Gasteiger partial charge in [-0.2, -0.15) is 0 Å². The summed E-state index contributed by atoms with van der Waals surface area (Å²) < 4.78 is 0. The number of aryl methyl sites for hydroxylation is 2. The molecule has 5 rings (SSSR count). The molecule has 0 nitrogen and oxygen atoms in total. The van der Waals surface area contributed by atoms with E-state index in [-0.39, 0.29) is 0 Å². The Morgan fingerprint density at radius 1 is 0.583 bits per heavy atom. The average Bonchev–Trinajstić information content (AvgIpc) is 2.69. The fourth-order valence-electron chi connectivity index (χ4n) is 3.88. The molecule has 24 heavy (non-hydrogen) atoms. The maximum absolute atomic E-state index is 2.35. The van der Waals surface area contributed by atoms with E-state index in [4.69, 9.17) is 0 Å². The van der Waals surface area contributed by atoms with Gasteiger partial charge in [-0.05, 0) is 71.2 Å². The molecule has 3 aromatic carbocycles. The van der Waals surface area contributed by atoms with Crippen LogP contribution < -0.4 is 0 Å². The SMILES string of the molecule is C1=CCCC=C1.c1ccc2c(c1)ccc1c3c(ccc12)CCCC3. The molecule has 0 saturated heterocycles. The Bertz CT molecular complexity index is 900. The van der Waals surface area contributed by atoms with Gasteiger partial charge in [-0.3, -0.25) is 0 Å². The Kier molecular flexibility index (Phi) is 4.46. The molecule has 0 heteroatoms. The van der Waals surface area contributed by atoms with Crippen LogP contribution in [-0.4, -0.2) is 0 Å². The molecule has 3 aromatic rings. The quantitative estimate of drug-likeness (QED) is 0.402. The van der Waals surface area contributed by atoms with E-state index in [2.05, 4.69) is 72.8 Å². The second kappa shape index (κ2) is 7.05. The summed E-state index contributed by atoms with van der Waals surface area (Å²) in [7, 11) is 0. The number of rotatable bonds is 0. The first kappa shape index (κ1) is 15.2. The van der Waals surface area contributed by atoms with Crippen molar-refractivity contribution in [2.24, 2.45) is 0 Å². The molecule has 0 saturated carbocycles. The first-order valence-electron chi connectivity index (χ1n) is 9.17. The van der Waals surface area contributed by atoms with Crippen LogP contribution in [0.25, 0.3) is 21.5 Å². The maximum atomic E-state index is 2.35. The Labute approximate surface area is 144 Å². The van der Waals surface area contributed by atoms with Gasteiger partial charge in [0.15, 0.2) is 0 Å². The van der Waals surface area contributed by atoms with E-state index >= 15 is 0 Å². The van der Waals surface area contributed by atoms with Crippen LogP contribution in [0.15, 0.2) is 72.8 Å². The zero-order valence-electron chi connectivity index (χ0n) is 14.2. The minimum Gasteiger partial charge on any atom is -0.0842 e. The summed E-state index contributed by atoms with van der Waals surface area (Å²) in [5.74, 6) is 0. The summed E-state index contributed by atoms with van der Waals surface area (Å²) in [5.41, 5.74) is 3.17. The molecule has 0 unspecified atom stereocenters. The molecule has 0 atom stereocenters. The van der Waals surface area contributed by atoms with Crippen molar-refractivity contribution in [2.45, 2.75) is 38.5 Å². The van der Waals surface area contributed by atoms with E-state index in [0.717, 1.165) is 0 Å². The van der Waals surface area contributed by atoms with Gasteiger partial charge in [-0.25, -0.2) is 0 Å². The van der Waals surface area contributed by atoms with Gasteiger partial charge in [0.25, 0.3) is 0 Å². The van der Waals surface area contributed by atoms with Gasteiger partial charge in [0, 0.05) is 0 Å². The van der Waals surface area contributed by atoms with Crippen LogP contribution in [0.3, 0.4) is 0 Å². The first-order valence-corrected chi connectivity index (χ1v) is 9.17. The predicted octanol–water partition coefficient (Wildman–Crippen LogP) is 6.76. The summed E-state index contributed by atoms with van der Waals surface area (Å²) in [6.07, 6.45) is 16.2. The van der Waals surface area contributed by atoms with E-state index in [1.165, 1.54) is 60.1 Å². The van der Waals surface area contributed by atoms with Gasteiger partial charge >= 0.3 is 0 Å². The largest absolute Gasteiger partial charge is 0.0842 e. The lowest BCUT2D eigenvalue weighted by Gasteiger charge is -2.18. The Morgan fingerprint density at radius 2 is 1.33 bits per heavy atom. The van der Waals surface area contributed by atoms with E-state index in [1.807, 2.05) is 0 Å². The third-order valence-electron chi connectivity index (χ3n) is 5.14. The molecule has 0 heterocycles. The standard InChI is InChI=1S/C18H16.C6H8/c1-3-7-15-13(5-1)9-11-18-16-8-4-2-6-14(16)10-12-17(15)18;1-2-4-6-5-3-1/h1,3,5,7,9-12H,2,4,6,8H2;1-4H,5-6H2. The molecule has 0 aliphatic heterocycles. The van der Waals surface area contributed by atoms with Crippen molar-refractivity contribution < 1.29 is 0 Å². The molecule has 120 valence electrons. The van der Waals surface area contributed by atoms with Gasteiger partial charge in [0.2, 0.25) is 0 Å². The van der Waals surface area contributed by atoms with Crippen molar-refractivity contribution in [1.82, 2.24) is 0 Å². The second-order valence-electron chi connectivity index (χ2n) is 6.73. The number of hydrogen-bond acceptors (Lipinski definition) is 0. The number of hydrogen-bond donors (Lipinski definition) is 0. The van der Waals surface area contributed by atoms with Crippen molar-refractivity contribution >= 4 is 21.5 Å². The summed E-state index contributed by atoms with van der Waals surface area (Å²) >= 11 is 0. The highest BCUT2D eigenvalue weighted by Gasteiger charge is 2.13. The summed E-state index contributed by atoms with van der Waals surface area (Å²) in [6, 6.07) is 18.0. The van der Waals surface area contributed by atoms with E-state index in [0.29, 0.717) is 0 Å². The first-order chi connectivity index (χ1) is 11.9. The highest BCUT2D eigenvalue weighted by Crippen LogP contribution is 2.33. The molecule has 0 amide bonds. The van der Waals surface area contributed by atoms with Crippen molar-refractivity contribution in [3.8, 4) is 0 Å². The zero-order valence-corrected chi connectivity index (χ0v) is 14.2. The van der Waals surface area contributed by atoms with Crippen molar-refractivity contribution in [1.29, 1.82) is 0 Å². The highest BCUT2D eigenvalue weighted by molar-refractivity contribution is 6.08. The van der Waals surface area contributed by atoms with Crippen LogP contribution in [0.4, 0.5) is 0 Å². The van der Waals surface area contributed by atoms with Crippen molar-refractivity contribution in [3.05, 3.63) is 84.0 Å². The van der Waals surface area contributed by atoms with Crippen LogP contribution in [0.5, 0.6) is 0 Å². The Hall–Kier alpha value is -2.34. The van der Waals surface area contributed by atoms with Gasteiger partial charge in [-0.15, -0.1) is 0 Å². The lowest BCUT2D eigenvalue weighted by Crippen LogP contribution is -2.02. The number of allylic oxidation sites excluding steroid dienone is 4. The fourth-order valence-corrected chi connectivity index (χ4v) is 3.88. The molecular formula is C24H24. The van der Waals surface area contributed by atoms with Gasteiger partial charge in [-0.1, -0.05) is 72.8 Å². The van der Waals surface area contributed by atoms with Crippen molar-refractivity contribution in [2.75, 3.05) is 0 Å². The average molecular weight is 312 g/mol. The third kappa shape index (κ3) is 3.01. The second-order valence-corrected chi connectivity index (χ2v) is 6.73. The van der Waals surface area contributed by atoms with Crippen LogP contribution in [0.1, 0.15) is 36.8 Å². The minimum atomic E-state index is 1.23. The summed E-state index contributed by atoms with van der Waals surface area (Å²) in [4.78, 5) is 0. The Balaban J connectivity index is 0.000000207. The van der Waals surface area contributed by atoms with Gasteiger partial charge in [0.05, 0.1) is 0 Å². The van der Waals surface area contributed by atoms with Gasteiger partial charge in [0.1, 0.15) is 0 Å². The van der Waals surface area contributed by atoms with E-state index in [9.17, 15) is 0 Å². The van der Waals surface area contributed by atoms with E-state index < -0.39 is 0 Å². The molecule has 2 aliphatic rings. The minimum absolute atomic E-state index is 1.23. The molecule has 0 spiro atoms. The highest BCUT2D eigenvalue weighted by atomic mass is 14.2. The normalized spacial score (nSPS) is 15.8. The summed E-state index contributed by atoms with van der Waals surface area (Å²) in [5, 5.41) is 5.64. The van der Waals surface area contributed by atoms with Crippen LogP contribution in [0.2, 0.25) is 0 Å². The lowest BCUT2D eigenvalue weighted by atomic mass is 9.86.